The molecule has 0 aliphatic heterocycles. The summed E-state index contributed by atoms with van der Waals surface area (Å²) in [5.74, 6) is 0.871. The molecule has 0 amide bonds. The first-order valence-electron chi connectivity index (χ1n) is 5.49. The highest BCUT2D eigenvalue weighted by Gasteiger charge is 2.25. The number of rotatable bonds is 3. The van der Waals surface area contributed by atoms with Gasteiger partial charge in [-0.3, -0.25) is 0 Å². The molecule has 0 spiro atoms. The minimum atomic E-state index is 0.614. The van der Waals surface area contributed by atoms with Gasteiger partial charge in [-0.2, -0.15) is 0 Å². The third kappa shape index (κ3) is 2.42. The Morgan fingerprint density at radius 2 is 2.24 bits per heavy atom. The Kier molecular flexibility index (Phi) is 3.00. The fourth-order valence-corrected chi connectivity index (χ4v) is 2.67. The van der Waals surface area contributed by atoms with Crippen LogP contribution in [0, 0.1) is 3.57 Å². The number of nitrogens with one attached hydrogen (secondary N) is 1. The van der Waals surface area contributed by atoms with E-state index in [1.54, 1.807) is 0 Å². The molecule has 0 unspecified atom stereocenters. The van der Waals surface area contributed by atoms with Crippen molar-refractivity contribution in [3.05, 3.63) is 39.2 Å². The molecule has 2 aromatic rings. The van der Waals surface area contributed by atoms with E-state index >= 15 is 0 Å². The van der Waals surface area contributed by atoms with Crippen molar-refractivity contribution in [3.63, 3.8) is 0 Å². The lowest BCUT2D eigenvalue weighted by atomic mass is 10.3. The first kappa shape index (κ1) is 11.3. The molecule has 88 valence electrons. The summed E-state index contributed by atoms with van der Waals surface area (Å²) < 4.78 is 3.30. The Hall–Kier alpha value is -0.750. The highest BCUT2D eigenvalue weighted by atomic mass is 127. The van der Waals surface area contributed by atoms with Crippen LogP contribution in [0.4, 0.5) is 11.6 Å². The minimum absolute atomic E-state index is 0.614. The van der Waals surface area contributed by atoms with Crippen LogP contribution >= 0.6 is 34.2 Å². The fourth-order valence-electron chi connectivity index (χ4n) is 1.77. The number of benzene rings is 1. The second-order valence-electron chi connectivity index (χ2n) is 4.14. The van der Waals surface area contributed by atoms with Crippen LogP contribution in [-0.4, -0.2) is 9.55 Å². The highest BCUT2D eigenvalue weighted by molar-refractivity contribution is 14.1. The van der Waals surface area contributed by atoms with E-state index in [1.807, 2.05) is 30.6 Å². The van der Waals surface area contributed by atoms with Gasteiger partial charge in [0.25, 0.3) is 0 Å². The lowest BCUT2D eigenvalue weighted by molar-refractivity contribution is 0.751. The van der Waals surface area contributed by atoms with Gasteiger partial charge in [0.1, 0.15) is 0 Å². The first-order chi connectivity index (χ1) is 8.24. The van der Waals surface area contributed by atoms with Crippen molar-refractivity contribution in [2.24, 2.45) is 0 Å². The van der Waals surface area contributed by atoms with Gasteiger partial charge in [-0.05, 0) is 53.6 Å². The second kappa shape index (κ2) is 4.49. The molecule has 0 bridgehead atoms. The third-order valence-electron chi connectivity index (χ3n) is 2.79. The zero-order valence-corrected chi connectivity index (χ0v) is 11.9. The quantitative estimate of drug-likeness (QED) is 0.832. The van der Waals surface area contributed by atoms with Crippen molar-refractivity contribution in [2.75, 3.05) is 5.32 Å². The second-order valence-corrected chi connectivity index (χ2v) is 5.79. The summed E-state index contributed by atoms with van der Waals surface area (Å²) in [6.07, 6.45) is 6.32. The van der Waals surface area contributed by atoms with Gasteiger partial charge in [0.2, 0.25) is 5.95 Å². The predicted octanol–water partition coefficient (Wildman–Crippen LogP) is 4.22. The molecule has 3 rings (SSSR count). The molecule has 0 radical (unpaired) electrons. The fraction of sp³-hybridized carbons (Fsp3) is 0.250. The lowest BCUT2D eigenvalue weighted by Crippen LogP contribution is -2.01. The number of anilines is 2. The SMILES string of the molecule is Clc1cc(I)ccc1Nc1nccn1C1CC1. The van der Waals surface area contributed by atoms with Crippen LogP contribution in [0.15, 0.2) is 30.6 Å². The molecule has 1 aromatic heterocycles. The number of nitrogens with zero attached hydrogens (tertiary/aromatic N) is 2. The van der Waals surface area contributed by atoms with Crippen molar-refractivity contribution in [1.82, 2.24) is 9.55 Å². The molecule has 1 heterocycles. The molecule has 5 heteroatoms. The molecule has 3 nitrogen and oxygen atoms in total. The van der Waals surface area contributed by atoms with E-state index in [0.29, 0.717) is 6.04 Å². The summed E-state index contributed by atoms with van der Waals surface area (Å²) in [7, 11) is 0. The molecular formula is C12H11ClIN3. The van der Waals surface area contributed by atoms with Gasteiger partial charge in [-0.25, -0.2) is 4.98 Å². The van der Waals surface area contributed by atoms with Gasteiger partial charge in [0.15, 0.2) is 0 Å². The van der Waals surface area contributed by atoms with Crippen molar-refractivity contribution in [2.45, 2.75) is 18.9 Å². The molecule has 1 aliphatic rings. The maximum absolute atomic E-state index is 6.19. The van der Waals surface area contributed by atoms with E-state index in [0.717, 1.165) is 20.2 Å². The Balaban J connectivity index is 1.88. The van der Waals surface area contributed by atoms with Crippen molar-refractivity contribution in [3.8, 4) is 0 Å². The van der Waals surface area contributed by atoms with Gasteiger partial charge in [0, 0.05) is 22.0 Å². The monoisotopic (exact) mass is 359 g/mol. The predicted molar refractivity (Wildman–Crippen MR) is 77.9 cm³/mol. The van der Waals surface area contributed by atoms with Crippen molar-refractivity contribution < 1.29 is 0 Å². The number of hydrogen-bond donors (Lipinski definition) is 1. The van der Waals surface area contributed by atoms with Gasteiger partial charge in [0.05, 0.1) is 10.7 Å². The maximum atomic E-state index is 6.19. The smallest absolute Gasteiger partial charge is 0.207 e. The van der Waals surface area contributed by atoms with E-state index in [9.17, 15) is 0 Å². The molecule has 0 saturated heterocycles. The molecule has 1 N–H and O–H groups in total. The first-order valence-corrected chi connectivity index (χ1v) is 6.94. The maximum Gasteiger partial charge on any atom is 0.207 e. The molecule has 17 heavy (non-hydrogen) atoms. The summed E-state index contributed by atoms with van der Waals surface area (Å²) in [5, 5.41) is 4.01. The highest BCUT2D eigenvalue weighted by Crippen LogP contribution is 2.37. The Morgan fingerprint density at radius 3 is 2.94 bits per heavy atom. The zero-order valence-electron chi connectivity index (χ0n) is 9.03. The summed E-state index contributed by atoms with van der Waals surface area (Å²) in [6.45, 7) is 0. The molecule has 1 fully saturated rings. The molecule has 1 saturated carbocycles. The topological polar surface area (TPSA) is 29.9 Å². The van der Waals surface area contributed by atoms with Crippen LogP contribution < -0.4 is 5.32 Å². The van der Waals surface area contributed by atoms with E-state index in [1.165, 1.54) is 12.8 Å². The number of aromatic nitrogens is 2. The lowest BCUT2D eigenvalue weighted by Gasteiger charge is -2.10. The Labute approximate surface area is 118 Å². The van der Waals surface area contributed by atoms with E-state index < -0.39 is 0 Å². The van der Waals surface area contributed by atoms with Crippen LogP contribution in [0.25, 0.3) is 0 Å². The van der Waals surface area contributed by atoms with E-state index in [-0.39, 0.29) is 0 Å². The zero-order chi connectivity index (χ0) is 11.8. The van der Waals surface area contributed by atoms with Crippen LogP contribution in [0.1, 0.15) is 18.9 Å². The van der Waals surface area contributed by atoms with E-state index in [2.05, 4.69) is 37.5 Å². The van der Waals surface area contributed by atoms with Crippen molar-refractivity contribution >= 4 is 45.8 Å². The van der Waals surface area contributed by atoms with Crippen LogP contribution in [0.2, 0.25) is 5.02 Å². The largest absolute Gasteiger partial charge is 0.324 e. The summed E-state index contributed by atoms with van der Waals surface area (Å²) in [6, 6.07) is 6.56. The summed E-state index contributed by atoms with van der Waals surface area (Å²) >= 11 is 8.44. The average molecular weight is 360 g/mol. The molecule has 1 aliphatic carbocycles. The molecular weight excluding hydrogens is 349 g/mol. The average Bonchev–Trinajstić information content (AvgIpc) is 3.03. The minimum Gasteiger partial charge on any atom is -0.324 e. The Bertz CT molecular complexity index is 548. The standard InChI is InChI=1S/C12H11ClIN3/c13-10-7-8(14)1-4-11(10)16-12-15-5-6-17(12)9-2-3-9/h1,4-7,9H,2-3H2,(H,15,16). The molecule has 1 aromatic carbocycles. The third-order valence-corrected chi connectivity index (χ3v) is 3.77. The van der Waals surface area contributed by atoms with Gasteiger partial charge < -0.3 is 9.88 Å². The van der Waals surface area contributed by atoms with Gasteiger partial charge in [-0.15, -0.1) is 0 Å². The number of hydrogen-bond acceptors (Lipinski definition) is 2. The van der Waals surface area contributed by atoms with Crippen LogP contribution in [-0.2, 0) is 0 Å². The van der Waals surface area contributed by atoms with Crippen molar-refractivity contribution in [1.29, 1.82) is 0 Å². The number of halogens is 2. The Morgan fingerprint density at radius 1 is 1.41 bits per heavy atom. The summed E-state index contributed by atoms with van der Waals surface area (Å²) in [5.41, 5.74) is 0.903. The van der Waals surface area contributed by atoms with Crippen LogP contribution in [0.5, 0.6) is 0 Å². The summed E-state index contributed by atoms with van der Waals surface area (Å²) in [4.78, 5) is 4.33. The number of imidazole rings is 1. The normalized spacial score (nSPS) is 14.9. The van der Waals surface area contributed by atoms with E-state index in [4.69, 9.17) is 11.6 Å². The van der Waals surface area contributed by atoms with Gasteiger partial charge >= 0.3 is 0 Å². The molecule has 0 atom stereocenters. The van der Waals surface area contributed by atoms with Gasteiger partial charge in [-0.1, -0.05) is 11.6 Å². The van der Waals surface area contributed by atoms with Crippen LogP contribution in [0.3, 0.4) is 0 Å².